The smallest absolute Gasteiger partial charge is 0.233 e. The molecule has 0 bridgehead atoms. The zero-order valence-corrected chi connectivity index (χ0v) is 12.2. The summed E-state index contributed by atoms with van der Waals surface area (Å²) in [6.07, 6.45) is 3.36. The Bertz CT molecular complexity index is 579. The van der Waals surface area contributed by atoms with Gasteiger partial charge in [-0.3, -0.25) is 4.90 Å². The van der Waals surface area contributed by atoms with Gasteiger partial charge in [-0.1, -0.05) is 37.6 Å². The minimum atomic E-state index is 0.220. The molecular weight excluding hydrogens is 250 g/mol. The third-order valence-corrected chi connectivity index (χ3v) is 3.97. The second kappa shape index (κ2) is 5.75. The van der Waals surface area contributed by atoms with E-state index in [0.29, 0.717) is 5.89 Å². The van der Waals surface area contributed by atoms with Gasteiger partial charge in [0.1, 0.15) is 0 Å². The van der Waals surface area contributed by atoms with Crippen molar-refractivity contribution < 1.29 is 4.42 Å². The number of fused-ring (bicyclic) bond motifs is 1. The van der Waals surface area contributed by atoms with E-state index in [9.17, 15) is 0 Å². The monoisotopic (exact) mass is 271 g/mol. The van der Waals surface area contributed by atoms with Gasteiger partial charge in [-0.25, -0.2) is 0 Å². The van der Waals surface area contributed by atoms with Gasteiger partial charge in [-0.15, -0.1) is 10.2 Å². The molecule has 4 heteroatoms. The number of aryl methyl sites for hydroxylation is 1. The zero-order chi connectivity index (χ0) is 13.9. The first kappa shape index (κ1) is 13.3. The van der Waals surface area contributed by atoms with Crippen LogP contribution in [0.1, 0.15) is 48.7 Å². The molecule has 1 aromatic heterocycles. The maximum atomic E-state index is 5.68. The van der Waals surface area contributed by atoms with Crippen LogP contribution in [0, 0.1) is 6.92 Å². The van der Waals surface area contributed by atoms with Crippen molar-refractivity contribution in [2.24, 2.45) is 0 Å². The number of hydrogen-bond acceptors (Lipinski definition) is 4. The van der Waals surface area contributed by atoms with E-state index >= 15 is 0 Å². The molecule has 2 aromatic rings. The normalized spacial score (nSPS) is 19.0. The van der Waals surface area contributed by atoms with Crippen molar-refractivity contribution in [1.82, 2.24) is 15.1 Å². The van der Waals surface area contributed by atoms with Crippen LogP contribution in [-0.4, -0.2) is 21.6 Å². The molecule has 0 aliphatic carbocycles. The van der Waals surface area contributed by atoms with E-state index in [4.69, 9.17) is 4.42 Å². The van der Waals surface area contributed by atoms with Gasteiger partial charge in [0, 0.05) is 13.5 Å². The lowest BCUT2D eigenvalue weighted by Gasteiger charge is -2.34. The van der Waals surface area contributed by atoms with Crippen LogP contribution in [0.5, 0.6) is 0 Å². The quantitative estimate of drug-likeness (QED) is 0.856. The highest BCUT2D eigenvalue weighted by Crippen LogP contribution is 2.32. The summed E-state index contributed by atoms with van der Waals surface area (Å²) in [6, 6.07) is 8.88. The lowest BCUT2D eigenvalue weighted by atomic mass is 9.93. The third kappa shape index (κ3) is 2.61. The van der Waals surface area contributed by atoms with E-state index in [1.165, 1.54) is 24.0 Å². The van der Waals surface area contributed by atoms with Gasteiger partial charge in [0.15, 0.2) is 0 Å². The van der Waals surface area contributed by atoms with E-state index in [-0.39, 0.29) is 6.04 Å². The third-order valence-electron chi connectivity index (χ3n) is 3.97. The average molecular weight is 271 g/mol. The fourth-order valence-corrected chi connectivity index (χ4v) is 2.86. The van der Waals surface area contributed by atoms with Crippen LogP contribution in [0.4, 0.5) is 0 Å². The van der Waals surface area contributed by atoms with Crippen molar-refractivity contribution in [2.75, 3.05) is 6.54 Å². The Hall–Kier alpha value is -1.68. The Morgan fingerprint density at radius 3 is 2.75 bits per heavy atom. The fraction of sp³-hybridized carbons (Fsp3) is 0.500. The molecule has 0 saturated heterocycles. The second-order valence-electron chi connectivity index (χ2n) is 5.47. The zero-order valence-electron chi connectivity index (χ0n) is 12.2. The fourth-order valence-electron chi connectivity index (χ4n) is 2.86. The highest BCUT2D eigenvalue weighted by atomic mass is 16.4. The molecule has 0 radical (unpaired) electrons. The summed E-state index contributed by atoms with van der Waals surface area (Å²) < 4.78 is 5.68. The van der Waals surface area contributed by atoms with Crippen LogP contribution in [-0.2, 0) is 13.0 Å². The molecule has 3 rings (SSSR count). The molecular formula is C16H21N3O. The van der Waals surface area contributed by atoms with Gasteiger partial charge in [-0.2, -0.15) is 0 Å². The van der Waals surface area contributed by atoms with Crippen molar-refractivity contribution in [1.29, 1.82) is 0 Å². The van der Waals surface area contributed by atoms with Gasteiger partial charge < -0.3 is 4.42 Å². The van der Waals surface area contributed by atoms with Crippen molar-refractivity contribution in [3.63, 3.8) is 0 Å². The van der Waals surface area contributed by atoms with Gasteiger partial charge >= 0.3 is 0 Å². The van der Waals surface area contributed by atoms with E-state index < -0.39 is 0 Å². The minimum absolute atomic E-state index is 0.220. The average Bonchev–Trinajstić information content (AvgIpc) is 2.90. The Kier molecular flexibility index (Phi) is 3.83. The maximum absolute atomic E-state index is 5.68. The van der Waals surface area contributed by atoms with Crippen LogP contribution in [0.15, 0.2) is 28.7 Å². The Morgan fingerprint density at radius 2 is 2.05 bits per heavy atom. The van der Waals surface area contributed by atoms with Crippen molar-refractivity contribution in [3.05, 3.63) is 47.2 Å². The van der Waals surface area contributed by atoms with Gasteiger partial charge in [0.2, 0.25) is 11.8 Å². The molecule has 106 valence electrons. The number of hydrogen-bond donors (Lipinski definition) is 0. The number of benzene rings is 1. The van der Waals surface area contributed by atoms with E-state index in [1.54, 1.807) is 0 Å². The SMILES string of the molecule is CCCCN1Cc2ccccc2C[C@@H]1c1nnc(C)o1. The number of aromatic nitrogens is 2. The summed E-state index contributed by atoms with van der Waals surface area (Å²) in [5, 5.41) is 8.23. The van der Waals surface area contributed by atoms with Gasteiger partial charge in [0.25, 0.3) is 0 Å². The molecule has 0 saturated carbocycles. The van der Waals surface area contributed by atoms with Crippen LogP contribution in [0.2, 0.25) is 0 Å². The molecule has 4 nitrogen and oxygen atoms in total. The Balaban J connectivity index is 1.89. The highest BCUT2D eigenvalue weighted by Gasteiger charge is 2.30. The highest BCUT2D eigenvalue weighted by molar-refractivity contribution is 5.30. The number of nitrogens with zero attached hydrogens (tertiary/aromatic N) is 3. The molecule has 1 atom stereocenters. The lowest BCUT2D eigenvalue weighted by Crippen LogP contribution is -2.35. The molecule has 0 amide bonds. The van der Waals surface area contributed by atoms with E-state index in [2.05, 4.69) is 46.3 Å². The molecule has 1 aliphatic rings. The van der Waals surface area contributed by atoms with Crippen LogP contribution in [0.25, 0.3) is 0 Å². The first-order chi connectivity index (χ1) is 9.78. The maximum Gasteiger partial charge on any atom is 0.233 e. The van der Waals surface area contributed by atoms with Gasteiger partial charge in [0.05, 0.1) is 6.04 Å². The summed E-state index contributed by atoms with van der Waals surface area (Å²) in [5.41, 5.74) is 2.83. The minimum Gasteiger partial charge on any atom is -0.424 e. The summed E-state index contributed by atoms with van der Waals surface area (Å²) in [5.74, 6) is 1.41. The van der Waals surface area contributed by atoms with Crippen molar-refractivity contribution in [3.8, 4) is 0 Å². The number of rotatable bonds is 4. The Labute approximate surface area is 119 Å². The summed E-state index contributed by atoms with van der Waals surface area (Å²) in [7, 11) is 0. The molecule has 0 N–H and O–H groups in total. The molecule has 2 heterocycles. The molecule has 0 spiro atoms. The van der Waals surface area contributed by atoms with Crippen molar-refractivity contribution >= 4 is 0 Å². The molecule has 1 aliphatic heterocycles. The summed E-state index contributed by atoms with van der Waals surface area (Å²) in [6.45, 7) is 6.13. The predicted octanol–water partition coefficient (Wildman–Crippen LogP) is 3.28. The van der Waals surface area contributed by atoms with Gasteiger partial charge in [-0.05, 0) is 30.5 Å². The number of unbranched alkanes of at least 4 members (excludes halogenated alkanes) is 1. The summed E-state index contributed by atoms with van der Waals surface area (Å²) in [4.78, 5) is 2.47. The van der Waals surface area contributed by atoms with Crippen LogP contribution >= 0.6 is 0 Å². The Morgan fingerprint density at radius 1 is 1.25 bits per heavy atom. The topological polar surface area (TPSA) is 42.2 Å². The predicted molar refractivity (Wildman–Crippen MR) is 77.2 cm³/mol. The van der Waals surface area contributed by atoms with E-state index in [0.717, 1.165) is 25.4 Å². The molecule has 0 fully saturated rings. The van der Waals surface area contributed by atoms with Crippen LogP contribution < -0.4 is 0 Å². The molecule has 1 aromatic carbocycles. The first-order valence-electron chi connectivity index (χ1n) is 7.38. The largest absolute Gasteiger partial charge is 0.424 e. The van der Waals surface area contributed by atoms with E-state index in [1.807, 2.05) is 6.92 Å². The standard InChI is InChI=1S/C16H21N3O/c1-3-4-9-19-11-14-8-6-5-7-13(14)10-15(19)16-18-17-12(2)20-16/h5-8,15H,3-4,9-11H2,1-2H3/t15-/m1/s1. The lowest BCUT2D eigenvalue weighted by molar-refractivity contribution is 0.143. The molecule has 0 unspecified atom stereocenters. The molecule has 20 heavy (non-hydrogen) atoms. The summed E-state index contributed by atoms with van der Waals surface area (Å²) >= 11 is 0. The first-order valence-corrected chi connectivity index (χ1v) is 7.38. The van der Waals surface area contributed by atoms with Crippen LogP contribution in [0.3, 0.4) is 0 Å². The van der Waals surface area contributed by atoms with Crippen molar-refractivity contribution in [2.45, 2.75) is 45.7 Å². The second-order valence-corrected chi connectivity index (χ2v) is 5.47.